The average Bonchev–Trinajstić information content (AvgIpc) is 3.83. The van der Waals surface area contributed by atoms with Gasteiger partial charge in [0.15, 0.2) is 18.1 Å². The van der Waals surface area contributed by atoms with E-state index in [2.05, 4.69) is 169 Å². The molecule has 2 aromatic carbocycles. The van der Waals surface area contributed by atoms with Crippen molar-refractivity contribution in [2.45, 2.75) is 92.1 Å². The van der Waals surface area contributed by atoms with Gasteiger partial charge in [0.25, 0.3) is 0 Å². The first-order valence-electron chi connectivity index (χ1n) is 23.2. The molecule has 0 radical (unpaired) electrons. The Morgan fingerprint density at radius 1 is 0.719 bits per heavy atom. The highest BCUT2D eigenvalue weighted by molar-refractivity contribution is 6.03. The van der Waals surface area contributed by atoms with Crippen LogP contribution >= 0.6 is 0 Å². The van der Waals surface area contributed by atoms with Gasteiger partial charge in [-0.2, -0.15) is 4.58 Å². The Hall–Kier alpha value is -4.74. The van der Waals surface area contributed by atoms with E-state index < -0.39 is 0 Å². The minimum absolute atomic E-state index is 0.167. The van der Waals surface area contributed by atoms with Crippen LogP contribution in [0.2, 0.25) is 0 Å². The predicted octanol–water partition coefficient (Wildman–Crippen LogP) is 10.0. The Morgan fingerprint density at radius 2 is 1.33 bits per heavy atom. The fourth-order valence-corrected chi connectivity index (χ4v) is 9.18. The van der Waals surface area contributed by atoms with E-state index in [1.807, 2.05) is 0 Å². The summed E-state index contributed by atoms with van der Waals surface area (Å²) in [5, 5.41) is 0. The van der Waals surface area contributed by atoms with Gasteiger partial charge in [0, 0.05) is 78.4 Å². The van der Waals surface area contributed by atoms with E-state index in [0.29, 0.717) is 52.9 Å². The van der Waals surface area contributed by atoms with Crippen molar-refractivity contribution in [3.8, 4) is 11.5 Å². The number of pyridine rings is 1. The van der Waals surface area contributed by atoms with Crippen LogP contribution in [0.15, 0.2) is 108 Å². The van der Waals surface area contributed by atoms with Gasteiger partial charge < -0.3 is 38.1 Å². The molecule has 3 aromatic rings. The maximum Gasteiger partial charge on any atom is 0.210 e. The van der Waals surface area contributed by atoms with Gasteiger partial charge in [0.2, 0.25) is 5.69 Å². The van der Waals surface area contributed by atoms with Crippen LogP contribution in [-0.2, 0) is 41.6 Å². The lowest BCUT2D eigenvalue weighted by molar-refractivity contribution is -0.671. The first-order valence-corrected chi connectivity index (χ1v) is 23.2. The summed E-state index contributed by atoms with van der Waals surface area (Å²) < 4.78 is 45.7. The van der Waals surface area contributed by atoms with E-state index in [0.717, 1.165) is 48.8 Å². The van der Waals surface area contributed by atoms with Gasteiger partial charge in [-0.25, -0.2) is 4.57 Å². The molecule has 1 aliphatic carbocycles. The molecule has 0 amide bonds. The van der Waals surface area contributed by atoms with E-state index in [-0.39, 0.29) is 22.3 Å². The number of hydrogen-bond donors (Lipinski definition) is 0. The summed E-state index contributed by atoms with van der Waals surface area (Å²) in [5.74, 6) is 2.68. The third-order valence-electron chi connectivity index (χ3n) is 12.7. The molecule has 0 bridgehead atoms. The number of methoxy groups -OCH3 is 2. The molecule has 0 saturated heterocycles. The van der Waals surface area contributed by atoms with Gasteiger partial charge >= 0.3 is 0 Å². The predicted molar refractivity (Wildman–Crippen MR) is 256 cm³/mol. The van der Waals surface area contributed by atoms with E-state index >= 15 is 0 Å². The SMILES string of the molecule is CCN1/C(=C/C=C2\CCC(/C=C/C3=[N+](CC)c4ccc(OCCOCCOC)cc4C3(C)C)=C2OC(c2cc[n+](C)cc2)C(C)(C)C)C(C)(C)c2cc(OCCOCCOC)ccc21. The van der Waals surface area contributed by atoms with E-state index in [4.69, 9.17) is 33.2 Å². The van der Waals surface area contributed by atoms with Crippen molar-refractivity contribution in [2.75, 3.05) is 85.1 Å². The van der Waals surface area contributed by atoms with Crippen molar-refractivity contribution in [1.29, 1.82) is 0 Å². The molecule has 2 aliphatic heterocycles. The second-order valence-electron chi connectivity index (χ2n) is 19.0. The number of hydrogen-bond acceptors (Lipinski definition) is 8. The first-order chi connectivity index (χ1) is 30.6. The Balaban J connectivity index is 1.34. The molecule has 346 valence electrons. The normalized spacial score (nSPS) is 18.5. The van der Waals surface area contributed by atoms with Crippen molar-refractivity contribution in [3.63, 3.8) is 0 Å². The largest absolute Gasteiger partial charge is 0.491 e. The second-order valence-corrected chi connectivity index (χ2v) is 19.0. The van der Waals surface area contributed by atoms with Crippen LogP contribution in [0.3, 0.4) is 0 Å². The molecule has 0 N–H and O–H groups in total. The minimum atomic E-state index is -0.248. The molecule has 1 aromatic heterocycles. The molecular formula is C54H75N3O7+2. The summed E-state index contributed by atoms with van der Waals surface area (Å²) >= 11 is 0. The highest BCUT2D eigenvalue weighted by Gasteiger charge is 2.45. The maximum absolute atomic E-state index is 7.38. The monoisotopic (exact) mass is 878 g/mol. The number of benzene rings is 2. The summed E-state index contributed by atoms with van der Waals surface area (Å²) in [5.41, 5.74) is 10.4. The van der Waals surface area contributed by atoms with Crippen molar-refractivity contribution in [1.82, 2.24) is 0 Å². The highest BCUT2D eigenvalue weighted by Crippen LogP contribution is 2.50. The smallest absolute Gasteiger partial charge is 0.210 e. The fraction of sp³-hybridized carbons (Fsp3) is 0.519. The molecule has 6 rings (SSSR count). The summed E-state index contributed by atoms with van der Waals surface area (Å²) in [6.45, 7) is 26.5. The van der Waals surface area contributed by atoms with Gasteiger partial charge in [-0.3, -0.25) is 0 Å². The quantitative estimate of drug-likeness (QED) is 0.0730. The molecule has 3 aliphatic rings. The first kappa shape index (κ1) is 48.7. The third kappa shape index (κ3) is 11.0. The Bertz CT molecular complexity index is 2230. The zero-order chi connectivity index (χ0) is 46.1. The number of nitrogens with zero attached hydrogens (tertiary/aromatic N) is 3. The third-order valence-corrected chi connectivity index (χ3v) is 12.7. The molecule has 10 heteroatoms. The van der Waals surface area contributed by atoms with Crippen LogP contribution in [0.4, 0.5) is 11.4 Å². The number of allylic oxidation sites excluding steroid dienone is 7. The van der Waals surface area contributed by atoms with Crippen LogP contribution in [0.25, 0.3) is 0 Å². The van der Waals surface area contributed by atoms with Crippen molar-refractivity contribution in [3.05, 3.63) is 125 Å². The second kappa shape index (κ2) is 21.5. The summed E-state index contributed by atoms with van der Waals surface area (Å²) in [4.78, 5) is 2.44. The number of rotatable bonds is 22. The summed E-state index contributed by atoms with van der Waals surface area (Å²) in [6.07, 6.45) is 15.1. The van der Waals surface area contributed by atoms with Gasteiger partial charge in [-0.15, -0.1) is 0 Å². The van der Waals surface area contributed by atoms with E-state index in [1.54, 1.807) is 14.2 Å². The van der Waals surface area contributed by atoms with Crippen LogP contribution in [-0.4, -0.2) is 90.5 Å². The minimum Gasteiger partial charge on any atom is -0.491 e. The molecule has 64 heavy (non-hydrogen) atoms. The lowest BCUT2D eigenvalue weighted by Crippen LogP contribution is -2.28. The number of aryl methyl sites for hydroxylation is 1. The van der Waals surface area contributed by atoms with Crippen LogP contribution in [0.5, 0.6) is 11.5 Å². The van der Waals surface area contributed by atoms with E-state index in [1.165, 1.54) is 45.1 Å². The van der Waals surface area contributed by atoms with Crippen LogP contribution in [0.1, 0.15) is 97.9 Å². The summed E-state index contributed by atoms with van der Waals surface area (Å²) in [7, 11) is 5.41. The zero-order valence-corrected chi connectivity index (χ0v) is 40.8. The number of ether oxygens (including phenoxy) is 7. The van der Waals surface area contributed by atoms with Crippen LogP contribution < -0.4 is 18.9 Å². The van der Waals surface area contributed by atoms with Crippen LogP contribution in [0, 0.1) is 5.41 Å². The summed E-state index contributed by atoms with van der Waals surface area (Å²) in [6, 6.07) is 17.3. The standard InChI is InChI=1S/C54H75N3O7/c1-13-56-46-21-19-42(62-35-33-60-31-29-58-11)37-44(46)53(6,7)48(56)23-17-39-15-16-40(50(39)64-51(52(3,4)5)41-25-27-55(10)28-26-41)18-24-49-54(8,9)45-38-43(20-22-47(45)57(49)14-2)63-36-34-61-32-30-59-12/h17-28,37-38,51H,13-16,29-36H2,1-12H3/q+2. The van der Waals surface area contributed by atoms with Crippen molar-refractivity contribution >= 4 is 17.1 Å². The van der Waals surface area contributed by atoms with Gasteiger partial charge in [0.1, 0.15) is 50.2 Å². The van der Waals surface area contributed by atoms with Crippen molar-refractivity contribution in [2.24, 2.45) is 12.5 Å². The number of aromatic nitrogens is 1. The number of fused-ring (bicyclic) bond motifs is 2. The van der Waals surface area contributed by atoms with Crippen molar-refractivity contribution < 1.29 is 42.3 Å². The molecule has 3 heterocycles. The molecular weight excluding hydrogens is 803 g/mol. The molecule has 0 fully saturated rings. The topological polar surface area (TPSA) is 74.7 Å². The van der Waals surface area contributed by atoms with Gasteiger partial charge in [-0.1, -0.05) is 40.7 Å². The average molecular weight is 878 g/mol. The Morgan fingerprint density at radius 3 is 1.92 bits per heavy atom. The molecule has 0 spiro atoms. The lowest BCUT2D eigenvalue weighted by Gasteiger charge is -2.32. The number of anilines is 1. The fourth-order valence-electron chi connectivity index (χ4n) is 9.18. The van der Waals surface area contributed by atoms with E-state index in [9.17, 15) is 0 Å². The molecule has 10 nitrogen and oxygen atoms in total. The molecule has 0 saturated carbocycles. The Labute approximate surface area is 383 Å². The molecule has 1 atom stereocenters. The molecule has 1 unspecified atom stereocenters. The lowest BCUT2D eigenvalue weighted by atomic mass is 9.81. The Kier molecular flexibility index (Phi) is 16.4. The van der Waals surface area contributed by atoms with Gasteiger partial charge in [-0.05, 0) is 99.7 Å². The zero-order valence-electron chi connectivity index (χ0n) is 40.8. The van der Waals surface area contributed by atoms with Gasteiger partial charge in [0.05, 0.1) is 45.1 Å². The number of likely N-dealkylation sites (N-methyl/N-ethyl adjacent to an activating group) is 1. The maximum atomic E-state index is 7.38. The highest BCUT2D eigenvalue weighted by atomic mass is 16.5.